The third-order valence-corrected chi connectivity index (χ3v) is 8.66. The zero-order chi connectivity index (χ0) is 31.7. The molecule has 2 aliphatic heterocycles. The molecular weight excluding hydrogens is 601 g/mol. The summed E-state index contributed by atoms with van der Waals surface area (Å²) < 4.78 is 53.5. The standard InChI is InChI=1S/C25H35F3N6O8S/c1-9(2)14-6-34(32-31-14)19-21(38)16(8-36)42-25(23(19)40)43-24-22(39)18(20(37)15(7-35)41-24)33(30)5-13(29)10-3-11(26)17(28)12(27)4-10/h3-6,9,15-16,18-25,35-40H,7-8,29-30H2,1-2H3/b13-5-. The fraction of sp³-hybridized carbons (Fsp3) is 0.600. The van der Waals surface area contributed by atoms with E-state index in [1.807, 2.05) is 13.8 Å². The summed E-state index contributed by atoms with van der Waals surface area (Å²) in [7, 11) is 0. The molecule has 2 fully saturated rings. The second-order valence-electron chi connectivity index (χ2n) is 10.6. The minimum atomic E-state index is -1.70. The SMILES string of the molecule is CC(C)c1cn(C2C(O)C(CO)OC(SC3OC(CO)C(O)C(N(N)/C=C(\N)c4cc(F)c(F)c(F)c4)C3O)C2O)nn1. The Balaban J connectivity index is 1.58. The molecule has 14 nitrogen and oxygen atoms in total. The van der Waals surface area contributed by atoms with Crippen molar-refractivity contribution in [1.29, 1.82) is 0 Å². The fourth-order valence-electron chi connectivity index (χ4n) is 4.90. The van der Waals surface area contributed by atoms with E-state index < -0.39 is 90.2 Å². The molecule has 10 atom stereocenters. The van der Waals surface area contributed by atoms with Gasteiger partial charge in [-0.3, -0.25) is 0 Å². The van der Waals surface area contributed by atoms with Gasteiger partial charge in [0.15, 0.2) is 17.5 Å². The average Bonchev–Trinajstić information content (AvgIpc) is 3.44. The first kappa shape index (κ1) is 33.4. The molecule has 10 N–H and O–H groups in total. The van der Waals surface area contributed by atoms with E-state index in [0.717, 1.165) is 23.0 Å². The van der Waals surface area contributed by atoms with Gasteiger partial charge in [-0.25, -0.2) is 23.7 Å². The van der Waals surface area contributed by atoms with Crippen molar-refractivity contribution in [3.05, 3.63) is 53.2 Å². The van der Waals surface area contributed by atoms with Gasteiger partial charge in [-0.2, -0.15) is 0 Å². The molecule has 3 heterocycles. The summed E-state index contributed by atoms with van der Waals surface area (Å²) in [5, 5.41) is 72.6. The maximum Gasteiger partial charge on any atom is 0.194 e. The lowest BCUT2D eigenvalue weighted by Crippen LogP contribution is -2.65. The quantitative estimate of drug-likeness (QED) is 0.0889. The van der Waals surface area contributed by atoms with E-state index in [2.05, 4.69) is 10.3 Å². The van der Waals surface area contributed by atoms with Crippen molar-refractivity contribution < 1.29 is 53.3 Å². The third-order valence-electron chi connectivity index (χ3n) is 7.34. The van der Waals surface area contributed by atoms with Crippen LogP contribution in [0.5, 0.6) is 0 Å². The lowest BCUT2D eigenvalue weighted by atomic mass is 9.96. The Hall–Kier alpha value is -2.52. The molecule has 0 spiro atoms. The number of thioether (sulfide) groups is 1. The van der Waals surface area contributed by atoms with Gasteiger partial charge in [0.1, 0.15) is 59.6 Å². The van der Waals surface area contributed by atoms with E-state index in [9.17, 15) is 43.8 Å². The highest BCUT2D eigenvalue weighted by Crippen LogP contribution is 2.40. The number of nitrogens with zero attached hydrogens (tertiary/aromatic N) is 4. The number of nitrogens with two attached hydrogens (primary N) is 2. The summed E-state index contributed by atoms with van der Waals surface area (Å²) >= 11 is 0.728. The Morgan fingerprint density at radius 1 is 1.00 bits per heavy atom. The van der Waals surface area contributed by atoms with Gasteiger partial charge in [-0.15, -0.1) is 5.10 Å². The molecule has 2 aromatic rings. The Bertz CT molecular complexity index is 1270. The maximum atomic E-state index is 13.7. The number of hydrogen-bond donors (Lipinski definition) is 8. The lowest BCUT2D eigenvalue weighted by molar-refractivity contribution is -0.191. The van der Waals surface area contributed by atoms with Gasteiger partial charge in [-0.1, -0.05) is 30.8 Å². The van der Waals surface area contributed by atoms with Gasteiger partial charge in [-0.05, 0) is 18.1 Å². The number of aliphatic hydroxyl groups is 6. The lowest BCUT2D eigenvalue weighted by Gasteiger charge is -2.47. The van der Waals surface area contributed by atoms with Crippen LogP contribution in [0, 0.1) is 17.5 Å². The van der Waals surface area contributed by atoms with Crippen molar-refractivity contribution in [2.24, 2.45) is 11.6 Å². The summed E-state index contributed by atoms with van der Waals surface area (Å²) in [6.45, 7) is 2.40. The number of benzene rings is 1. The number of rotatable bonds is 9. The van der Waals surface area contributed by atoms with Crippen LogP contribution in [0.4, 0.5) is 13.2 Å². The summed E-state index contributed by atoms with van der Waals surface area (Å²) in [5.41, 5.74) is 3.29. The van der Waals surface area contributed by atoms with Crippen molar-refractivity contribution >= 4 is 17.5 Å². The van der Waals surface area contributed by atoms with Gasteiger partial charge in [0, 0.05) is 18.0 Å². The van der Waals surface area contributed by atoms with Crippen LogP contribution in [0.2, 0.25) is 0 Å². The summed E-state index contributed by atoms with van der Waals surface area (Å²) in [4.78, 5) is 0. The number of aliphatic hydroxyl groups excluding tert-OH is 6. The van der Waals surface area contributed by atoms with E-state index in [4.69, 9.17) is 21.1 Å². The van der Waals surface area contributed by atoms with Gasteiger partial charge in [0.2, 0.25) is 0 Å². The molecule has 0 radical (unpaired) electrons. The van der Waals surface area contributed by atoms with Crippen LogP contribution in [0.25, 0.3) is 5.70 Å². The topological polar surface area (TPSA) is 226 Å². The van der Waals surface area contributed by atoms with Crippen LogP contribution in [0.15, 0.2) is 24.5 Å². The highest BCUT2D eigenvalue weighted by Gasteiger charge is 2.51. The van der Waals surface area contributed by atoms with E-state index >= 15 is 0 Å². The van der Waals surface area contributed by atoms with E-state index in [1.54, 1.807) is 6.20 Å². The first-order chi connectivity index (χ1) is 20.3. The third kappa shape index (κ3) is 6.77. The zero-order valence-corrected chi connectivity index (χ0v) is 23.9. The Morgan fingerprint density at radius 3 is 2.09 bits per heavy atom. The predicted molar refractivity (Wildman–Crippen MR) is 145 cm³/mol. The minimum Gasteiger partial charge on any atom is -0.397 e. The minimum absolute atomic E-state index is 0.00496. The van der Waals surface area contributed by atoms with Gasteiger partial charge in [0.05, 0.1) is 24.6 Å². The van der Waals surface area contributed by atoms with E-state index in [0.29, 0.717) is 17.8 Å². The van der Waals surface area contributed by atoms with Crippen LogP contribution in [0.3, 0.4) is 0 Å². The zero-order valence-electron chi connectivity index (χ0n) is 23.1. The van der Waals surface area contributed by atoms with Crippen molar-refractivity contribution in [3.63, 3.8) is 0 Å². The Kier molecular flexibility index (Phi) is 10.6. The Morgan fingerprint density at radius 2 is 1.56 bits per heavy atom. The van der Waals surface area contributed by atoms with Crippen molar-refractivity contribution in [2.45, 2.75) is 79.3 Å². The van der Waals surface area contributed by atoms with Gasteiger partial charge >= 0.3 is 0 Å². The molecule has 2 aliphatic rings. The fourth-order valence-corrected chi connectivity index (χ4v) is 6.22. The smallest absolute Gasteiger partial charge is 0.194 e. The number of hydrogen-bond acceptors (Lipinski definition) is 14. The van der Waals surface area contributed by atoms with Gasteiger partial charge in [0.25, 0.3) is 0 Å². The molecule has 0 aliphatic carbocycles. The Labute approximate surface area is 248 Å². The van der Waals surface area contributed by atoms with Crippen LogP contribution in [-0.4, -0.2) is 117 Å². The van der Waals surface area contributed by atoms with Crippen LogP contribution in [-0.2, 0) is 9.47 Å². The van der Waals surface area contributed by atoms with E-state index in [-0.39, 0.29) is 17.2 Å². The molecule has 18 heteroatoms. The number of hydrazine groups is 1. The monoisotopic (exact) mass is 636 g/mol. The molecule has 0 saturated carbocycles. The van der Waals surface area contributed by atoms with Crippen molar-refractivity contribution in [3.8, 4) is 0 Å². The van der Waals surface area contributed by atoms with Crippen molar-refractivity contribution in [2.75, 3.05) is 13.2 Å². The molecule has 0 amide bonds. The second-order valence-corrected chi connectivity index (χ2v) is 11.8. The molecule has 0 bridgehead atoms. The van der Waals surface area contributed by atoms with Crippen LogP contribution in [0.1, 0.15) is 37.1 Å². The second kappa shape index (κ2) is 13.6. The number of ether oxygens (including phenoxy) is 2. The van der Waals surface area contributed by atoms with Crippen LogP contribution >= 0.6 is 11.8 Å². The number of aromatic nitrogens is 3. The molecule has 2 saturated heterocycles. The first-order valence-corrected chi connectivity index (χ1v) is 14.2. The van der Waals surface area contributed by atoms with Crippen LogP contribution < -0.4 is 11.6 Å². The average molecular weight is 637 g/mol. The summed E-state index contributed by atoms with van der Waals surface area (Å²) in [5.74, 6) is 1.38. The van der Waals surface area contributed by atoms with Crippen molar-refractivity contribution in [1.82, 2.24) is 20.0 Å². The predicted octanol–water partition coefficient (Wildman–Crippen LogP) is -1.53. The van der Waals surface area contributed by atoms with Gasteiger partial charge < -0.3 is 50.9 Å². The highest BCUT2D eigenvalue weighted by atomic mass is 32.2. The molecular formula is C25H35F3N6O8S. The maximum absolute atomic E-state index is 13.7. The van der Waals surface area contributed by atoms with E-state index in [1.165, 1.54) is 4.68 Å². The molecule has 1 aromatic heterocycles. The highest BCUT2D eigenvalue weighted by molar-refractivity contribution is 8.00. The molecule has 240 valence electrons. The molecule has 1 aromatic carbocycles. The largest absolute Gasteiger partial charge is 0.397 e. The molecule has 43 heavy (non-hydrogen) atoms. The normalized spacial score (nSPS) is 33.7. The number of halogens is 3. The molecule has 4 rings (SSSR count). The summed E-state index contributed by atoms with van der Waals surface area (Å²) in [6, 6.07) is -1.29. The first-order valence-electron chi connectivity index (χ1n) is 13.3. The summed E-state index contributed by atoms with van der Waals surface area (Å²) in [6.07, 6.45) is -6.16. The molecule has 10 unspecified atom stereocenters.